The molecule has 5 nitrogen and oxygen atoms in total. The molecule has 106 valence electrons. The number of para-hydroxylation sites is 1. The lowest BCUT2D eigenvalue weighted by molar-refractivity contribution is -0.126. The van der Waals surface area contributed by atoms with Crippen LogP contribution in [0.15, 0.2) is 24.3 Å². The molecule has 2 heterocycles. The highest BCUT2D eigenvalue weighted by atomic mass is 16.5. The van der Waals surface area contributed by atoms with E-state index in [9.17, 15) is 9.59 Å². The Morgan fingerprint density at radius 1 is 1.30 bits per heavy atom. The molecule has 0 saturated carbocycles. The largest absolute Gasteiger partial charge is 0.493 e. The first-order chi connectivity index (χ1) is 9.74. The Balaban J connectivity index is 1.67. The lowest BCUT2D eigenvalue weighted by atomic mass is 9.92. The van der Waals surface area contributed by atoms with Gasteiger partial charge in [0.25, 0.3) is 0 Å². The van der Waals surface area contributed by atoms with Crippen molar-refractivity contribution in [3.63, 3.8) is 0 Å². The Bertz CT molecular complexity index is 520. The second-order valence-corrected chi connectivity index (χ2v) is 5.28. The number of carbonyl (C=O) groups excluding carboxylic acids is 2. The van der Waals surface area contributed by atoms with Crippen molar-refractivity contribution in [1.29, 1.82) is 0 Å². The Labute approximate surface area is 117 Å². The maximum Gasteiger partial charge on any atom is 0.228 e. The number of fused-ring (bicyclic) bond motifs is 1. The molecule has 2 amide bonds. The van der Waals surface area contributed by atoms with Gasteiger partial charge >= 0.3 is 0 Å². The molecule has 0 aromatic heterocycles. The van der Waals surface area contributed by atoms with Crippen LogP contribution < -0.4 is 15.4 Å². The Kier molecular flexibility index (Phi) is 3.58. The van der Waals surface area contributed by atoms with Crippen molar-refractivity contribution in [2.75, 3.05) is 13.2 Å². The molecular weight excluding hydrogens is 256 g/mol. The van der Waals surface area contributed by atoms with Crippen molar-refractivity contribution in [3.8, 4) is 5.75 Å². The molecule has 2 aliphatic heterocycles. The maximum atomic E-state index is 12.4. The standard InChI is InChI=1S/C15H18N2O3/c18-14-6-5-10(9-16-14)17-15(19)12-7-8-20-13-4-2-1-3-11(12)13/h1-4,10,12H,5-9H2,(H,16,18)(H,17,19). The summed E-state index contributed by atoms with van der Waals surface area (Å²) in [5.74, 6) is 0.738. The van der Waals surface area contributed by atoms with E-state index >= 15 is 0 Å². The van der Waals surface area contributed by atoms with Crippen molar-refractivity contribution in [2.45, 2.75) is 31.2 Å². The van der Waals surface area contributed by atoms with Gasteiger partial charge in [0.2, 0.25) is 11.8 Å². The fourth-order valence-electron chi connectivity index (χ4n) is 2.77. The van der Waals surface area contributed by atoms with Gasteiger partial charge in [0.05, 0.1) is 12.5 Å². The van der Waals surface area contributed by atoms with E-state index in [4.69, 9.17) is 4.74 Å². The Hall–Kier alpha value is -2.04. The van der Waals surface area contributed by atoms with Crippen LogP contribution in [-0.4, -0.2) is 31.0 Å². The predicted octanol–water partition coefficient (Wildman–Crippen LogP) is 0.948. The highest BCUT2D eigenvalue weighted by Crippen LogP contribution is 2.33. The van der Waals surface area contributed by atoms with Gasteiger partial charge in [0, 0.05) is 24.6 Å². The number of rotatable bonds is 2. The van der Waals surface area contributed by atoms with Gasteiger partial charge in [-0.1, -0.05) is 18.2 Å². The highest BCUT2D eigenvalue weighted by molar-refractivity contribution is 5.85. The number of hydrogen-bond acceptors (Lipinski definition) is 3. The van der Waals surface area contributed by atoms with E-state index in [1.54, 1.807) is 0 Å². The van der Waals surface area contributed by atoms with Crippen LogP contribution in [0.25, 0.3) is 0 Å². The van der Waals surface area contributed by atoms with Crippen LogP contribution in [0.3, 0.4) is 0 Å². The van der Waals surface area contributed by atoms with Crippen molar-refractivity contribution in [3.05, 3.63) is 29.8 Å². The Morgan fingerprint density at radius 2 is 2.15 bits per heavy atom. The maximum absolute atomic E-state index is 12.4. The van der Waals surface area contributed by atoms with E-state index in [2.05, 4.69) is 10.6 Å². The smallest absolute Gasteiger partial charge is 0.228 e. The molecule has 0 spiro atoms. The molecule has 0 aliphatic carbocycles. The molecule has 2 aliphatic rings. The number of ether oxygens (including phenoxy) is 1. The molecule has 5 heteroatoms. The van der Waals surface area contributed by atoms with Gasteiger partial charge in [-0.2, -0.15) is 0 Å². The Morgan fingerprint density at radius 3 is 2.95 bits per heavy atom. The van der Waals surface area contributed by atoms with E-state index in [1.807, 2.05) is 24.3 Å². The number of amides is 2. The van der Waals surface area contributed by atoms with Crippen LogP contribution in [-0.2, 0) is 9.59 Å². The van der Waals surface area contributed by atoms with Gasteiger partial charge in [-0.3, -0.25) is 9.59 Å². The molecule has 1 aromatic rings. The predicted molar refractivity (Wildman–Crippen MR) is 73.5 cm³/mol. The zero-order valence-electron chi connectivity index (χ0n) is 11.2. The van der Waals surface area contributed by atoms with Crippen molar-refractivity contribution >= 4 is 11.8 Å². The molecule has 1 aromatic carbocycles. The first-order valence-electron chi connectivity index (χ1n) is 7.03. The zero-order valence-corrected chi connectivity index (χ0v) is 11.2. The fraction of sp³-hybridized carbons (Fsp3) is 0.467. The summed E-state index contributed by atoms with van der Waals surface area (Å²) < 4.78 is 5.57. The summed E-state index contributed by atoms with van der Waals surface area (Å²) >= 11 is 0. The molecule has 1 saturated heterocycles. The second-order valence-electron chi connectivity index (χ2n) is 5.28. The fourth-order valence-corrected chi connectivity index (χ4v) is 2.77. The number of nitrogens with one attached hydrogen (secondary N) is 2. The van der Waals surface area contributed by atoms with Gasteiger partial charge in [0.15, 0.2) is 0 Å². The van der Waals surface area contributed by atoms with Crippen LogP contribution >= 0.6 is 0 Å². The lowest BCUT2D eigenvalue weighted by Gasteiger charge is -2.29. The molecule has 0 bridgehead atoms. The van der Waals surface area contributed by atoms with E-state index in [1.165, 1.54) is 0 Å². The molecular formula is C15H18N2O3. The topological polar surface area (TPSA) is 67.4 Å². The number of piperidine rings is 1. The third-order valence-corrected chi connectivity index (χ3v) is 3.89. The number of hydrogen-bond donors (Lipinski definition) is 2. The van der Waals surface area contributed by atoms with Crippen LogP contribution in [0.2, 0.25) is 0 Å². The van der Waals surface area contributed by atoms with Crippen LogP contribution in [0.5, 0.6) is 5.75 Å². The second kappa shape index (κ2) is 5.53. The monoisotopic (exact) mass is 274 g/mol. The molecule has 3 rings (SSSR count). The summed E-state index contributed by atoms with van der Waals surface area (Å²) in [6.45, 7) is 1.09. The van der Waals surface area contributed by atoms with Crippen molar-refractivity contribution < 1.29 is 14.3 Å². The van der Waals surface area contributed by atoms with Gasteiger partial charge in [-0.25, -0.2) is 0 Å². The van der Waals surface area contributed by atoms with E-state index < -0.39 is 0 Å². The van der Waals surface area contributed by atoms with Crippen LogP contribution in [0.1, 0.15) is 30.7 Å². The average molecular weight is 274 g/mol. The summed E-state index contributed by atoms with van der Waals surface area (Å²) in [4.78, 5) is 23.6. The minimum absolute atomic E-state index is 0.0295. The first-order valence-corrected chi connectivity index (χ1v) is 7.03. The van der Waals surface area contributed by atoms with Gasteiger partial charge in [0.1, 0.15) is 5.75 Å². The van der Waals surface area contributed by atoms with Crippen molar-refractivity contribution in [1.82, 2.24) is 10.6 Å². The normalized spacial score (nSPS) is 25.1. The van der Waals surface area contributed by atoms with Gasteiger partial charge < -0.3 is 15.4 Å². The zero-order chi connectivity index (χ0) is 13.9. The quantitative estimate of drug-likeness (QED) is 0.843. The SMILES string of the molecule is O=C1CCC(NC(=O)C2CCOc3ccccc32)CN1. The third-order valence-electron chi connectivity index (χ3n) is 3.89. The molecule has 1 fully saturated rings. The van der Waals surface area contributed by atoms with Crippen molar-refractivity contribution in [2.24, 2.45) is 0 Å². The average Bonchev–Trinajstić information content (AvgIpc) is 2.49. The minimum atomic E-state index is -0.155. The van der Waals surface area contributed by atoms with Crippen LogP contribution in [0.4, 0.5) is 0 Å². The van der Waals surface area contributed by atoms with Gasteiger partial charge in [-0.05, 0) is 18.9 Å². The molecule has 0 radical (unpaired) electrons. The molecule has 2 N–H and O–H groups in total. The number of carbonyl (C=O) groups is 2. The minimum Gasteiger partial charge on any atom is -0.493 e. The lowest BCUT2D eigenvalue weighted by Crippen LogP contribution is -2.49. The third kappa shape index (κ3) is 2.61. The number of benzene rings is 1. The van der Waals surface area contributed by atoms with E-state index in [-0.39, 0.29) is 23.8 Å². The van der Waals surface area contributed by atoms with Crippen LogP contribution in [0, 0.1) is 0 Å². The summed E-state index contributed by atoms with van der Waals surface area (Å²) in [5, 5.41) is 5.82. The highest BCUT2D eigenvalue weighted by Gasteiger charge is 2.29. The van der Waals surface area contributed by atoms with E-state index in [0.717, 1.165) is 11.3 Å². The van der Waals surface area contributed by atoms with Gasteiger partial charge in [-0.15, -0.1) is 0 Å². The summed E-state index contributed by atoms with van der Waals surface area (Å²) in [6.07, 6.45) is 1.89. The summed E-state index contributed by atoms with van der Waals surface area (Å²) in [6, 6.07) is 7.72. The summed E-state index contributed by atoms with van der Waals surface area (Å²) in [5.41, 5.74) is 0.955. The summed E-state index contributed by atoms with van der Waals surface area (Å²) in [7, 11) is 0. The first kappa shape index (κ1) is 13.0. The molecule has 2 atom stereocenters. The molecule has 20 heavy (non-hydrogen) atoms. The van der Waals surface area contributed by atoms with E-state index in [0.29, 0.717) is 32.4 Å². The molecule has 2 unspecified atom stereocenters.